The molecule has 0 heterocycles. The summed E-state index contributed by atoms with van der Waals surface area (Å²) in [6.45, 7) is 10.7. The van der Waals surface area contributed by atoms with Gasteiger partial charge in [-0.1, -0.05) is 24.3 Å². The number of nitrogens with zero attached hydrogens (tertiary/aromatic N) is 1. The normalized spacial score (nSPS) is 12.6. The van der Waals surface area contributed by atoms with E-state index in [0.29, 0.717) is 29.2 Å². The molecule has 0 radical (unpaired) electrons. The van der Waals surface area contributed by atoms with Gasteiger partial charge in [-0.3, -0.25) is 9.59 Å². The highest BCUT2D eigenvalue weighted by Crippen LogP contribution is 2.33. The standard InChI is InChI=1S/C29H39N3O6S/c1-8-17-32(27(35)23(16-18-39-7)31-28(36)38-29(3,4)5)24(22-11-9-10-19(2)25(22)33)26(34)30-20-12-14-21(37-6)15-13-20/h8-15,23-24,33H,1,16-18H2,2-7H3,(H,30,34)(H,31,36). The lowest BCUT2D eigenvalue weighted by Gasteiger charge is -2.34. The van der Waals surface area contributed by atoms with Gasteiger partial charge in [-0.05, 0) is 76.0 Å². The largest absolute Gasteiger partial charge is 0.507 e. The fourth-order valence-corrected chi connectivity index (χ4v) is 4.31. The summed E-state index contributed by atoms with van der Waals surface area (Å²) in [6, 6.07) is 9.56. The Balaban J connectivity index is 2.53. The Morgan fingerprint density at radius 2 is 1.82 bits per heavy atom. The van der Waals surface area contributed by atoms with Crippen LogP contribution in [0.5, 0.6) is 11.5 Å². The van der Waals surface area contributed by atoms with E-state index >= 15 is 0 Å². The van der Waals surface area contributed by atoms with Crippen LogP contribution in [-0.2, 0) is 14.3 Å². The van der Waals surface area contributed by atoms with Crippen molar-refractivity contribution in [2.24, 2.45) is 0 Å². The number of nitrogens with one attached hydrogen (secondary N) is 2. The van der Waals surface area contributed by atoms with Crippen LogP contribution < -0.4 is 15.4 Å². The lowest BCUT2D eigenvalue weighted by Crippen LogP contribution is -2.52. The fourth-order valence-electron chi connectivity index (χ4n) is 3.84. The summed E-state index contributed by atoms with van der Waals surface area (Å²) >= 11 is 1.52. The minimum Gasteiger partial charge on any atom is -0.507 e. The van der Waals surface area contributed by atoms with Gasteiger partial charge in [-0.2, -0.15) is 11.8 Å². The number of para-hydroxylation sites is 1. The minimum atomic E-state index is -1.23. The van der Waals surface area contributed by atoms with Crippen LogP contribution in [0.2, 0.25) is 0 Å². The Kier molecular flexibility index (Phi) is 11.7. The number of carbonyl (C=O) groups is 3. The molecule has 2 unspecified atom stereocenters. The second kappa shape index (κ2) is 14.5. The maximum atomic E-state index is 14.0. The highest BCUT2D eigenvalue weighted by Gasteiger charge is 2.37. The van der Waals surface area contributed by atoms with Crippen molar-refractivity contribution in [3.05, 3.63) is 66.2 Å². The van der Waals surface area contributed by atoms with Gasteiger partial charge in [0.05, 0.1) is 7.11 Å². The van der Waals surface area contributed by atoms with Crippen LogP contribution in [-0.4, -0.2) is 65.2 Å². The van der Waals surface area contributed by atoms with Crippen molar-refractivity contribution in [3.8, 4) is 11.5 Å². The second-order valence-electron chi connectivity index (χ2n) is 9.89. The smallest absolute Gasteiger partial charge is 0.408 e. The van der Waals surface area contributed by atoms with Crippen LogP contribution in [0.3, 0.4) is 0 Å². The number of carbonyl (C=O) groups excluding carboxylic acids is 3. The molecule has 0 aliphatic carbocycles. The molecule has 0 fully saturated rings. The molecule has 9 nitrogen and oxygen atoms in total. The molecule has 2 aromatic carbocycles. The van der Waals surface area contributed by atoms with Gasteiger partial charge in [0, 0.05) is 17.8 Å². The molecule has 3 amide bonds. The van der Waals surface area contributed by atoms with Crippen LogP contribution in [0.15, 0.2) is 55.1 Å². The summed E-state index contributed by atoms with van der Waals surface area (Å²) in [5, 5.41) is 16.5. The van der Waals surface area contributed by atoms with Gasteiger partial charge in [-0.25, -0.2) is 4.79 Å². The number of aryl methyl sites for hydroxylation is 1. The lowest BCUT2D eigenvalue weighted by atomic mass is 9.99. The molecule has 0 bridgehead atoms. The maximum absolute atomic E-state index is 14.0. The third-order valence-electron chi connectivity index (χ3n) is 5.69. The summed E-state index contributed by atoms with van der Waals surface area (Å²) in [5.41, 5.74) is 0.519. The van der Waals surface area contributed by atoms with Crippen LogP contribution >= 0.6 is 11.8 Å². The van der Waals surface area contributed by atoms with E-state index < -0.39 is 35.6 Å². The summed E-state index contributed by atoms with van der Waals surface area (Å²) in [5.74, 6) is 0.0407. The molecule has 0 aliphatic rings. The van der Waals surface area contributed by atoms with E-state index in [1.807, 2.05) is 6.26 Å². The Hall–Kier alpha value is -3.66. The monoisotopic (exact) mass is 557 g/mol. The van der Waals surface area contributed by atoms with Gasteiger partial charge in [0.2, 0.25) is 5.91 Å². The zero-order valence-corrected chi connectivity index (χ0v) is 24.3. The third-order valence-corrected chi connectivity index (χ3v) is 6.33. The lowest BCUT2D eigenvalue weighted by molar-refractivity contribution is -0.140. The Morgan fingerprint density at radius 1 is 1.15 bits per heavy atom. The number of amides is 3. The van der Waals surface area contributed by atoms with E-state index in [1.165, 1.54) is 22.7 Å². The molecule has 0 aliphatic heterocycles. The number of thioether (sulfide) groups is 1. The molecular weight excluding hydrogens is 518 g/mol. The predicted octanol–water partition coefficient (Wildman–Crippen LogP) is 5.05. The maximum Gasteiger partial charge on any atom is 0.408 e. The Morgan fingerprint density at radius 3 is 2.38 bits per heavy atom. The zero-order chi connectivity index (χ0) is 29.2. The molecule has 2 rings (SSSR count). The van der Waals surface area contributed by atoms with Crippen molar-refractivity contribution >= 4 is 35.4 Å². The van der Waals surface area contributed by atoms with Gasteiger partial charge in [0.1, 0.15) is 29.2 Å². The van der Waals surface area contributed by atoms with Crippen LogP contribution in [0.4, 0.5) is 10.5 Å². The fraction of sp³-hybridized carbons (Fsp3) is 0.414. The van der Waals surface area contributed by atoms with E-state index in [9.17, 15) is 19.5 Å². The number of anilines is 1. The van der Waals surface area contributed by atoms with E-state index in [-0.39, 0.29) is 17.9 Å². The Labute approximate surface area is 234 Å². The molecular formula is C29H39N3O6S. The predicted molar refractivity (Wildman–Crippen MR) is 155 cm³/mol. The first-order valence-corrected chi connectivity index (χ1v) is 13.9. The van der Waals surface area contributed by atoms with Crippen LogP contribution in [0, 0.1) is 6.92 Å². The van der Waals surface area contributed by atoms with E-state index in [0.717, 1.165) is 0 Å². The Bertz CT molecular complexity index is 1150. The quantitative estimate of drug-likeness (QED) is 0.313. The number of ether oxygens (including phenoxy) is 2. The van der Waals surface area contributed by atoms with Gasteiger partial charge < -0.3 is 30.1 Å². The molecule has 0 saturated heterocycles. The topological polar surface area (TPSA) is 117 Å². The number of alkyl carbamates (subject to hydrolysis) is 1. The van der Waals surface area contributed by atoms with Crippen molar-refractivity contribution in [1.29, 1.82) is 0 Å². The number of phenols is 1. The molecule has 2 atom stereocenters. The molecule has 212 valence electrons. The molecule has 10 heteroatoms. The molecule has 2 aromatic rings. The first kappa shape index (κ1) is 31.6. The number of hydrogen-bond acceptors (Lipinski definition) is 7. The third kappa shape index (κ3) is 9.24. The number of rotatable bonds is 12. The highest BCUT2D eigenvalue weighted by molar-refractivity contribution is 7.98. The first-order chi connectivity index (χ1) is 18.4. The van der Waals surface area contributed by atoms with Crippen LogP contribution in [0.25, 0.3) is 0 Å². The second-order valence-corrected chi connectivity index (χ2v) is 10.9. The average Bonchev–Trinajstić information content (AvgIpc) is 2.87. The van der Waals surface area contributed by atoms with Crippen molar-refractivity contribution in [3.63, 3.8) is 0 Å². The van der Waals surface area contributed by atoms with Gasteiger partial charge in [0.15, 0.2) is 0 Å². The molecule has 0 spiro atoms. The molecule has 3 N–H and O–H groups in total. The first-order valence-electron chi connectivity index (χ1n) is 12.5. The minimum absolute atomic E-state index is 0.0152. The van der Waals surface area contributed by atoms with E-state index in [2.05, 4.69) is 17.2 Å². The van der Waals surface area contributed by atoms with Crippen molar-refractivity contribution in [2.45, 2.75) is 51.8 Å². The summed E-state index contributed by atoms with van der Waals surface area (Å²) in [4.78, 5) is 41.7. The van der Waals surface area contributed by atoms with Gasteiger partial charge >= 0.3 is 6.09 Å². The number of benzene rings is 2. The van der Waals surface area contributed by atoms with Gasteiger partial charge in [0.25, 0.3) is 5.91 Å². The molecule has 39 heavy (non-hydrogen) atoms. The number of hydrogen-bond donors (Lipinski definition) is 3. The number of methoxy groups -OCH3 is 1. The average molecular weight is 558 g/mol. The highest BCUT2D eigenvalue weighted by atomic mass is 32.2. The van der Waals surface area contributed by atoms with Gasteiger partial charge in [-0.15, -0.1) is 6.58 Å². The van der Waals surface area contributed by atoms with E-state index in [1.54, 1.807) is 77.3 Å². The number of phenolic OH excluding ortho intramolecular Hbond substituents is 1. The van der Waals surface area contributed by atoms with Crippen molar-refractivity contribution in [1.82, 2.24) is 10.2 Å². The summed E-state index contributed by atoms with van der Waals surface area (Å²) in [6.07, 6.45) is 2.96. The molecule has 0 aromatic heterocycles. The summed E-state index contributed by atoms with van der Waals surface area (Å²) in [7, 11) is 1.54. The number of aromatic hydroxyl groups is 1. The van der Waals surface area contributed by atoms with Crippen molar-refractivity contribution in [2.75, 3.05) is 31.0 Å². The van der Waals surface area contributed by atoms with Crippen LogP contribution in [0.1, 0.15) is 44.4 Å². The van der Waals surface area contributed by atoms with E-state index in [4.69, 9.17) is 9.47 Å². The zero-order valence-electron chi connectivity index (χ0n) is 23.4. The summed E-state index contributed by atoms with van der Waals surface area (Å²) < 4.78 is 10.6. The molecule has 0 saturated carbocycles. The SMILES string of the molecule is C=CCN(C(=O)C(CCSC)NC(=O)OC(C)(C)C)C(C(=O)Nc1ccc(OC)cc1)c1cccc(C)c1O. The van der Waals surface area contributed by atoms with Crippen molar-refractivity contribution < 1.29 is 29.0 Å².